The molecule has 0 spiro atoms. The van der Waals surface area contributed by atoms with Crippen LogP contribution >= 0.6 is 0 Å². The van der Waals surface area contributed by atoms with Crippen molar-refractivity contribution in [2.75, 3.05) is 19.8 Å². The Kier molecular flexibility index (Phi) is 5.51. The third kappa shape index (κ3) is 4.26. The molecule has 2 unspecified atom stereocenters. The highest BCUT2D eigenvalue weighted by Gasteiger charge is 2.28. The summed E-state index contributed by atoms with van der Waals surface area (Å²) in [5, 5.41) is 3.97. The maximum Gasteiger partial charge on any atom is 0.226 e. The lowest BCUT2D eigenvalue weighted by Gasteiger charge is -2.21. The minimum absolute atomic E-state index is 0.326. The lowest BCUT2D eigenvalue weighted by molar-refractivity contribution is 0.0104. The Bertz CT molecular complexity index is 400. The first-order valence-corrected chi connectivity index (χ1v) is 7.43. The number of nitrogens with zero attached hydrogens (tertiary/aromatic N) is 2. The summed E-state index contributed by atoms with van der Waals surface area (Å²) < 4.78 is 16.3. The molecule has 2 rings (SSSR count). The van der Waals surface area contributed by atoms with Crippen molar-refractivity contribution >= 4 is 0 Å². The highest BCUT2D eigenvalue weighted by atomic mass is 16.5. The van der Waals surface area contributed by atoms with Crippen molar-refractivity contribution in [1.82, 2.24) is 10.1 Å². The SMILES string of the molecule is CCOCC(C)(N)c1noc(CCC2CCCCO2)n1. The van der Waals surface area contributed by atoms with Crippen LogP contribution in [0, 0.1) is 0 Å². The third-order valence-corrected chi connectivity index (χ3v) is 3.54. The van der Waals surface area contributed by atoms with E-state index in [1.807, 2.05) is 13.8 Å². The van der Waals surface area contributed by atoms with Crippen LogP contribution in [0.3, 0.4) is 0 Å². The van der Waals surface area contributed by atoms with Gasteiger partial charge < -0.3 is 19.7 Å². The zero-order valence-electron chi connectivity index (χ0n) is 12.4. The van der Waals surface area contributed by atoms with Gasteiger partial charge in [0.1, 0.15) is 5.54 Å². The molecule has 0 aromatic carbocycles. The van der Waals surface area contributed by atoms with Crippen LogP contribution < -0.4 is 5.73 Å². The number of aryl methyl sites for hydroxylation is 1. The van der Waals surface area contributed by atoms with Gasteiger partial charge in [0, 0.05) is 19.6 Å². The molecule has 2 N–H and O–H groups in total. The summed E-state index contributed by atoms with van der Waals surface area (Å²) in [4.78, 5) is 4.38. The predicted octanol–water partition coefficient (Wildman–Crippen LogP) is 1.78. The molecule has 1 aromatic heterocycles. The number of ether oxygens (including phenoxy) is 2. The Labute approximate surface area is 120 Å². The average Bonchev–Trinajstić information content (AvgIpc) is 2.94. The zero-order chi connectivity index (χ0) is 14.4. The number of aromatic nitrogens is 2. The van der Waals surface area contributed by atoms with Crippen molar-refractivity contribution < 1.29 is 14.0 Å². The summed E-state index contributed by atoms with van der Waals surface area (Å²) in [7, 11) is 0. The van der Waals surface area contributed by atoms with E-state index in [2.05, 4.69) is 10.1 Å². The molecule has 0 saturated carbocycles. The van der Waals surface area contributed by atoms with Gasteiger partial charge in [-0.3, -0.25) is 0 Å². The molecule has 6 nitrogen and oxygen atoms in total. The van der Waals surface area contributed by atoms with E-state index in [1.54, 1.807) is 0 Å². The molecule has 0 aliphatic carbocycles. The Balaban J connectivity index is 1.84. The zero-order valence-corrected chi connectivity index (χ0v) is 12.4. The molecule has 1 aliphatic heterocycles. The molecule has 20 heavy (non-hydrogen) atoms. The number of hydrogen-bond acceptors (Lipinski definition) is 6. The highest BCUT2D eigenvalue weighted by Crippen LogP contribution is 2.19. The van der Waals surface area contributed by atoms with Crippen molar-refractivity contribution in [3.05, 3.63) is 11.7 Å². The van der Waals surface area contributed by atoms with Gasteiger partial charge in [-0.1, -0.05) is 5.16 Å². The standard InChI is InChI=1S/C14H25N3O3/c1-3-18-10-14(2,15)13-16-12(20-17-13)8-7-11-6-4-5-9-19-11/h11H,3-10,15H2,1-2H3. The number of nitrogens with two attached hydrogens (primary N) is 1. The molecule has 2 atom stereocenters. The third-order valence-electron chi connectivity index (χ3n) is 3.54. The van der Waals surface area contributed by atoms with Gasteiger partial charge in [0.2, 0.25) is 5.89 Å². The fourth-order valence-electron chi connectivity index (χ4n) is 2.29. The minimum Gasteiger partial charge on any atom is -0.379 e. The van der Waals surface area contributed by atoms with Crippen LogP contribution in [0.15, 0.2) is 4.52 Å². The van der Waals surface area contributed by atoms with Gasteiger partial charge >= 0.3 is 0 Å². The van der Waals surface area contributed by atoms with Crippen molar-refractivity contribution in [1.29, 1.82) is 0 Å². The molecule has 1 aliphatic rings. The fraction of sp³-hybridized carbons (Fsp3) is 0.857. The lowest BCUT2D eigenvalue weighted by atomic mass is 10.0. The van der Waals surface area contributed by atoms with Gasteiger partial charge in [-0.15, -0.1) is 0 Å². The van der Waals surface area contributed by atoms with E-state index in [9.17, 15) is 0 Å². The maximum absolute atomic E-state index is 6.14. The largest absolute Gasteiger partial charge is 0.379 e. The normalized spacial score (nSPS) is 22.6. The molecule has 1 saturated heterocycles. The second-order valence-electron chi connectivity index (χ2n) is 5.59. The van der Waals surface area contributed by atoms with Crippen LogP contribution in [-0.2, 0) is 21.4 Å². The lowest BCUT2D eigenvalue weighted by Crippen LogP contribution is -2.39. The van der Waals surface area contributed by atoms with E-state index < -0.39 is 5.54 Å². The van der Waals surface area contributed by atoms with E-state index in [4.69, 9.17) is 19.7 Å². The quantitative estimate of drug-likeness (QED) is 0.821. The summed E-state index contributed by atoms with van der Waals surface area (Å²) in [5.74, 6) is 1.13. The molecule has 0 radical (unpaired) electrons. The van der Waals surface area contributed by atoms with Gasteiger partial charge in [-0.05, 0) is 39.5 Å². The van der Waals surface area contributed by atoms with Gasteiger partial charge in [-0.2, -0.15) is 4.98 Å². The Morgan fingerprint density at radius 3 is 3.00 bits per heavy atom. The van der Waals surface area contributed by atoms with Crippen molar-refractivity contribution in [2.24, 2.45) is 5.73 Å². The summed E-state index contributed by atoms with van der Waals surface area (Å²) in [6.07, 6.45) is 5.53. The Morgan fingerprint density at radius 1 is 1.45 bits per heavy atom. The van der Waals surface area contributed by atoms with Crippen molar-refractivity contribution in [2.45, 2.75) is 57.6 Å². The van der Waals surface area contributed by atoms with Gasteiger partial charge in [-0.25, -0.2) is 0 Å². The summed E-state index contributed by atoms with van der Waals surface area (Å²) in [6.45, 7) is 5.66. The van der Waals surface area contributed by atoms with Crippen LogP contribution in [0.1, 0.15) is 51.2 Å². The topological polar surface area (TPSA) is 83.4 Å². The van der Waals surface area contributed by atoms with Crippen molar-refractivity contribution in [3.8, 4) is 0 Å². The molecule has 1 fully saturated rings. The maximum atomic E-state index is 6.14. The first-order chi connectivity index (χ1) is 9.62. The summed E-state index contributed by atoms with van der Waals surface area (Å²) in [5.41, 5.74) is 5.43. The van der Waals surface area contributed by atoms with Crippen LogP contribution in [-0.4, -0.2) is 36.1 Å². The molecule has 2 heterocycles. The van der Waals surface area contributed by atoms with E-state index >= 15 is 0 Å². The molecule has 114 valence electrons. The first-order valence-electron chi connectivity index (χ1n) is 7.43. The molecule has 0 amide bonds. The van der Waals surface area contributed by atoms with Crippen molar-refractivity contribution in [3.63, 3.8) is 0 Å². The van der Waals surface area contributed by atoms with Gasteiger partial charge in [0.25, 0.3) is 0 Å². The van der Waals surface area contributed by atoms with E-state index in [1.165, 1.54) is 12.8 Å². The summed E-state index contributed by atoms with van der Waals surface area (Å²) >= 11 is 0. The van der Waals surface area contributed by atoms with Gasteiger partial charge in [0.15, 0.2) is 5.82 Å². The van der Waals surface area contributed by atoms with Gasteiger partial charge in [0.05, 0.1) is 12.7 Å². The Morgan fingerprint density at radius 2 is 2.30 bits per heavy atom. The fourth-order valence-corrected chi connectivity index (χ4v) is 2.29. The minimum atomic E-state index is -0.709. The molecule has 1 aromatic rings. The van der Waals surface area contributed by atoms with E-state index in [0.717, 1.165) is 25.9 Å². The van der Waals surface area contributed by atoms with Crippen LogP contribution in [0.2, 0.25) is 0 Å². The molecule has 6 heteroatoms. The van der Waals surface area contributed by atoms with Crippen LogP contribution in [0.25, 0.3) is 0 Å². The predicted molar refractivity (Wildman–Crippen MR) is 74.2 cm³/mol. The first kappa shape index (κ1) is 15.4. The second-order valence-corrected chi connectivity index (χ2v) is 5.59. The van der Waals surface area contributed by atoms with E-state index in [0.29, 0.717) is 31.0 Å². The highest BCUT2D eigenvalue weighted by molar-refractivity contribution is 5.02. The monoisotopic (exact) mass is 283 g/mol. The second kappa shape index (κ2) is 7.15. The number of rotatable bonds is 7. The van der Waals surface area contributed by atoms with Crippen LogP contribution in [0.4, 0.5) is 0 Å². The molecule has 0 bridgehead atoms. The average molecular weight is 283 g/mol. The Hall–Kier alpha value is -0.980. The molecular weight excluding hydrogens is 258 g/mol. The van der Waals surface area contributed by atoms with Crippen LogP contribution in [0.5, 0.6) is 0 Å². The smallest absolute Gasteiger partial charge is 0.226 e. The number of hydrogen-bond donors (Lipinski definition) is 1. The summed E-state index contributed by atoms with van der Waals surface area (Å²) in [6, 6.07) is 0. The van der Waals surface area contributed by atoms with E-state index in [-0.39, 0.29) is 0 Å². The molecular formula is C14H25N3O3.